The Morgan fingerprint density at radius 3 is 1.48 bits per heavy atom. The first-order chi connectivity index (χ1) is 33.8. The van der Waals surface area contributed by atoms with Gasteiger partial charge in [-0.3, -0.25) is 0 Å². The average molecular weight is 889 g/mol. The van der Waals surface area contributed by atoms with Crippen molar-refractivity contribution < 1.29 is 0 Å². The second-order valence-electron chi connectivity index (χ2n) is 18.3. The Morgan fingerprint density at radius 1 is 0.478 bits per heavy atom. The van der Waals surface area contributed by atoms with E-state index in [-0.39, 0.29) is 11.8 Å². The molecule has 69 heavy (non-hydrogen) atoms. The molecule has 9 aromatic carbocycles. The number of hydrogen-bond acceptors (Lipinski definition) is 0. The molecule has 0 aromatic heterocycles. The van der Waals surface area contributed by atoms with Crippen LogP contribution in [0.15, 0.2) is 267 Å². The zero-order valence-corrected chi connectivity index (χ0v) is 40.5. The van der Waals surface area contributed by atoms with Gasteiger partial charge in [0.05, 0.1) is 0 Å². The minimum atomic E-state index is 0.223. The molecule has 0 N–H and O–H groups in total. The van der Waals surface area contributed by atoms with Crippen LogP contribution in [0.5, 0.6) is 0 Å². The third-order valence-corrected chi connectivity index (χ3v) is 13.4. The molecule has 0 aliphatic heterocycles. The lowest BCUT2D eigenvalue weighted by Crippen LogP contribution is -2.30. The summed E-state index contributed by atoms with van der Waals surface area (Å²) in [6.45, 7) is 16.2. The zero-order chi connectivity index (χ0) is 47.7. The highest BCUT2D eigenvalue weighted by Gasteiger charge is 2.21. The van der Waals surface area contributed by atoms with E-state index in [2.05, 4.69) is 283 Å². The summed E-state index contributed by atoms with van der Waals surface area (Å²) in [4.78, 5) is 0. The van der Waals surface area contributed by atoms with Crippen molar-refractivity contribution in [3.63, 3.8) is 0 Å². The van der Waals surface area contributed by atoms with Gasteiger partial charge >= 0.3 is 0 Å². The fraction of sp³-hybridized carbons (Fsp3) is 0.101. The fourth-order valence-electron chi connectivity index (χ4n) is 9.95. The van der Waals surface area contributed by atoms with Crippen molar-refractivity contribution in [2.45, 2.75) is 40.5 Å². The van der Waals surface area contributed by atoms with Crippen molar-refractivity contribution in [2.75, 3.05) is 0 Å². The normalized spacial score (nSPS) is 13.7. The first kappa shape index (κ1) is 46.1. The monoisotopic (exact) mass is 888 g/mol. The lowest BCUT2D eigenvalue weighted by Gasteiger charge is -2.21. The van der Waals surface area contributed by atoms with E-state index >= 15 is 0 Å². The Hall–Kier alpha value is -8.06. The van der Waals surface area contributed by atoms with E-state index in [1.165, 1.54) is 93.6 Å². The molecule has 1 unspecified atom stereocenters. The third kappa shape index (κ3) is 9.99. The minimum Gasteiger partial charge on any atom is -0.0911 e. The van der Waals surface area contributed by atoms with Crippen molar-refractivity contribution in [3.8, 4) is 33.4 Å². The molecule has 0 heterocycles. The maximum atomic E-state index is 4.90. The summed E-state index contributed by atoms with van der Waals surface area (Å²) in [5, 5.41) is 7.11. The second-order valence-corrected chi connectivity index (χ2v) is 18.3. The van der Waals surface area contributed by atoms with E-state index in [9.17, 15) is 0 Å². The van der Waals surface area contributed by atoms with Crippen molar-refractivity contribution in [2.24, 2.45) is 5.92 Å². The molecule has 0 aliphatic carbocycles. The SMILES string of the molecule is C=C(/C=C\C=C/C)/C(c1c2ccccc2c(-c2cc(-c3ccccc3)cc(-c3ccccc3)c2)c2ccccc12)=c1/cccc/c1=C(C)\C(=C\C(=C/C(C)c1ccccc1)c1ccccc1)C(C)C. The Morgan fingerprint density at radius 2 is 0.942 bits per heavy atom. The molecule has 0 spiro atoms. The van der Waals surface area contributed by atoms with Crippen LogP contribution < -0.4 is 10.4 Å². The van der Waals surface area contributed by atoms with Crippen LogP contribution in [0.1, 0.15) is 57.2 Å². The van der Waals surface area contributed by atoms with Crippen LogP contribution in [0.3, 0.4) is 0 Å². The van der Waals surface area contributed by atoms with E-state index in [1.807, 2.05) is 0 Å². The Kier molecular flexibility index (Phi) is 14.2. The average Bonchev–Trinajstić information content (AvgIpc) is 3.40. The van der Waals surface area contributed by atoms with Crippen LogP contribution in [0.4, 0.5) is 0 Å². The number of hydrogen-bond donors (Lipinski definition) is 0. The molecule has 0 bridgehead atoms. The van der Waals surface area contributed by atoms with Crippen LogP contribution in [-0.4, -0.2) is 0 Å². The van der Waals surface area contributed by atoms with E-state index in [0.717, 1.165) is 16.4 Å². The van der Waals surface area contributed by atoms with Crippen molar-refractivity contribution in [1.29, 1.82) is 0 Å². The molecule has 0 nitrogen and oxygen atoms in total. The van der Waals surface area contributed by atoms with Gasteiger partial charge in [-0.1, -0.05) is 258 Å². The lowest BCUT2D eigenvalue weighted by atomic mass is 9.82. The smallest absolute Gasteiger partial charge is 0.000123 e. The molecular formula is C69H60. The molecule has 9 aromatic rings. The van der Waals surface area contributed by atoms with Gasteiger partial charge in [-0.2, -0.15) is 0 Å². The van der Waals surface area contributed by atoms with Crippen LogP contribution in [0, 0.1) is 5.92 Å². The molecule has 0 aliphatic rings. The largest absolute Gasteiger partial charge is 0.0911 e. The molecular weight excluding hydrogens is 829 g/mol. The molecule has 1 atom stereocenters. The highest BCUT2D eigenvalue weighted by Crippen LogP contribution is 2.44. The summed E-state index contributed by atoms with van der Waals surface area (Å²) in [7, 11) is 0. The predicted octanol–water partition coefficient (Wildman–Crippen LogP) is 17.5. The Labute approximate surface area is 409 Å². The van der Waals surface area contributed by atoms with Gasteiger partial charge in [0.1, 0.15) is 0 Å². The first-order valence-electron chi connectivity index (χ1n) is 24.3. The molecule has 0 fully saturated rings. The summed E-state index contributed by atoms with van der Waals surface area (Å²) in [6.07, 6.45) is 13.3. The maximum Gasteiger partial charge on any atom is -0.000123 e. The molecule has 0 saturated heterocycles. The van der Waals surface area contributed by atoms with E-state index in [0.29, 0.717) is 0 Å². The Balaban J connectivity index is 1.37. The van der Waals surface area contributed by atoms with Crippen LogP contribution in [0.2, 0.25) is 0 Å². The summed E-state index contributed by atoms with van der Waals surface area (Å²) in [5.41, 5.74) is 16.7. The molecule has 0 heteroatoms. The second kappa shape index (κ2) is 21.3. The molecule has 0 amide bonds. The highest BCUT2D eigenvalue weighted by atomic mass is 14.2. The van der Waals surface area contributed by atoms with Gasteiger partial charge in [-0.05, 0) is 154 Å². The first-order valence-corrected chi connectivity index (χ1v) is 24.3. The summed E-state index contributed by atoms with van der Waals surface area (Å²) >= 11 is 0. The molecule has 0 radical (unpaired) electrons. The van der Waals surface area contributed by atoms with Crippen LogP contribution >= 0.6 is 0 Å². The summed E-state index contributed by atoms with van der Waals surface area (Å²) in [5.74, 6) is 0.466. The zero-order valence-electron chi connectivity index (χ0n) is 40.5. The van der Waals surface area contributed by atoms with Gasteiger partial charge in [0.2, 0.25) is 0 Å². The third-order valence-electron chi connectivity index (χ3n) is 13.4. The summed E-state index contributed by atoms with van der Waals surface area (Å²) in [6, 6.07) is 77.2. The lowest BCUT2D eigenvalue weighted by molar-refractivity contribution is 0.794. The van der Waals surface area contributed by atoms with E-state index < -0.39 is 0 Å². The molecule has 9 rings (SSSR count). The standard InChI is InChI=1S/C69H60/c1-7-8-13-28-49(4)67(61-38-23-22-37-60(61)51(6)66(48(2)3)47-56(53-31-16-10-17-32-53)43-50(5)52-29-14-9-15-30-52)69-64-41-26-24-39-62(64)68(63-40-25-27-42-65(63)69)59-45-57(54-33-18-11-19-34-54)44-58(46-59)55-35-20-12-21-36-55/h7-48,50H,4H2,1-3,5-6H3/b8-7-,28-13-,56-43+,60-51+,66-47+,67-61+. The van der Waals surface area contributed by atoms with Gasteiger partial charge in [0.15, 0.2) is 0 Å². The van der Waals surface area contributed by atoms with E-state index in [4.69, 9.17) is 6.58 Å². The summed E-state index contributed by atoms with van der Waals surface area (Å²) < 4.78 is 0. The molecule has 0 saturated carbocycles. The number of fused-ring (bicyclic) bond motifs is 2. The maximum absolute atomic E-state index is 4.90. The number of rotatable bonds is 13. The van der Waals surface area contributed by atoms with Crippen molar-refractivity contribution in [3.05, 3.63) is 294 Å². The predicted molar refractivity (Wildman–Crippen MR) is 300 cm³/mol. The van der Waals surface area contributed by atoms with Gasteiger partial charge in [-0.15, -0.1) is 0 Å². The fourth-order valence-corrected chi connectivity index (χ4v) is 9.95. The van der Waals surface area contributed by atoms with Crippen LogP contribution in [0.25, 0.3) is 71.6 Å². The topological polar surface area (TPSA) is 0 Å². The van der Waals surface area contributed by atoms with Gasteiger partial charge in [0, 0.05) is 0 Å². The Bertz CT molecular complexity index is 3410. The van der Waals surface area contributed by atoms with Gasteiger partial charge in [0.25, 0.3) is 0 Å². The minimum absolute atomic E-state index is 0.223. The highest BCUT2D eigenvalue weighted by molar-refractivity contribution is 6.20. The van der Waals surface area contributed by atoms with Crippen molar-refractivity contribution in [1.82, 2.24) is 0 Å². The molecule has 336 valence electrons. The number of allylic oxidation sites excluding steroid dienone is 9. The van der Waals surface area contributed by atoms with Gasteiger partial charge < -0.3 is 0 Å². The van der Waals surface area contributed by atoms with Crippen molar-refractivity contribution >= 4 is 38.3 Å². The van der Waals surface area contributed by atoms with Gasteiger partial charge in [-0.25, -0.2) is 0 Å². The quantitative estimate of drug-likeness (QED) is 0.0799. The van der Waals surface area contributed by atoms with E-state index in [1.54, 1.807) is 0 Å². The number of benzene rings is 9. The van der Waals surface area contributed by atoms with Crippen LogP contribution in [-0.2, 0) is 0 Å².